The Bertz CT molecular complexity index is 1350. The van der Waals surface area contributed by atoms with Crippen LogP contribution in [0.3, 0.4) is 0 Å². The standard InChI is InChI=1S/C21H14N4OS2/c26-18-12-15(22-21-25(18)10-11-27-21)13-28-20-17-9-5-4-8-16(17)19(23-24-20)14-6-2-1-3-7-14/h1-12H,13H2. The first-order valence-electron chi connectivity index (χ1n) is 8.69. The van der Waals surface area contributed by atoms with Crippen LogP contribution < -0.4 is 5.56 Å². The van der Waals surface area contributed by atoms with Crippen LogP contribution in [0.1, 0.15) is 5.69 Å². The van der Waals surface area contributed by atoms with Crippen LogP contribution in [0.2, 0.25) is 0 Å². The fourth-order valence-electron chi connectivity index (χ4n) is 3.10. The second kappa shape index (κ2) is 7.18. The van der Waals surface area contributed by atoms with Gasteiger partial charge in [0.1, 0.15) is 10.7 Å². The van der Waals surface area contributed by atoms with Gasteiger partial charge in [-0.15, -0.1) is 21.5 Å². The Kier molecular flexibility index (Phi) is 4.38. The summed E-state index contributed by atoms with van der Waals surface area (Å²) in [5.74, 6) is 0.562. The number of hydrogen-bond donors (Lipinski definition) is 0. The first-order valence-corrected chi connectivity index (χ1v) is 10.6. The van der Waals surface area contributed by atoms with Gasteiger partial charge in [0.05, 0.1) is 5.69 Å². The predicted octanol–water partition coefficient (Wildman–Crippen LogP) is 4.66. The van der Waals surface area contributed by atoms with E-state index in [-0.39, 0.29) is 5.56 Å². The SMILES string of the molecule is O=c1cc(CSc2nnc(-c3ccccc3)c3ccccc23)nc2sccn12. The van der Waals surface area contributed by atoms with Gasteiger partial charge in [-0.2, -0.15) is 0 Å². The number of fused-ring (bicyclic) bond motifs is 2. The van der Waals surface area contributed by atoms with Gasteiger partial charge in [0, 0.05) is 39.7 Å². The van der Waals surface area contributed by atoms with Gasteiger partial charge in [-0.3, -0.25) is 9.20 Å². The quantitative estimate of drug-likeness (QED) is 0.409. The van der Waals surface area contributed by atoms with E-state index in [0.29, 0.717) is 10.7 Å². The fraction of sp³-hybridized carbons (Fsp3) is 0.0476. The van der Waals surface area contributed by atoms with E-state index >= 15 is 0 Å². The number of benzene rings is 2. The van der Waals surface area contributed by atoms with Gasteiger partial charge in [0.2, 0.25) is 0 Å². The molecule has 3 heterocycles. The number of hydrogen-bond acceptors (Lipinski definition) is 6. The van der Waals surface area contributed by atoms with Crippen molar-refractivity contribution < 1.29 is 0 Å². The predicted molar refractivity (Wildman–Crippen MR) is 114 cm³/mol. The molecule has 0 atom stereocenters. The van der Waals surface area contributed by atoms with E-state index in [1.165, 1.54) is 11.3 Å². The number of aromatic nitrogens is 4. The van der Waals surface area contributed by atoms with Crippen molar-refractivity contribution in [2.45, 2.75) is 10.8 Å². The third-order valence-electron chi connectivity index (χ3n) is 4.41. The van der Waals surface area contributed by atoms with Crippen LogP contribution in [0.5, 0.6) is 0 Å². The van der Waals surface area contributed by atoms with Crippen LogP contribution in [0.15, 0.2) is 82.1 Å². The summed E-state index contributed by atoms with van der Waals surface area (Å²) in [4.78, 5) is 17.5. The Morgan fingerprint density at radius 3 is 2.61 bits per heavy atom. The molecule has 0 spiro atoms. The highest BCUT2D eigenvalue weighted by atomic mass is 32.2. The lowest BCUT2D eigenvalue weighted by atomic mass is 10.1. The summed E-state index contributed by atoms with van der Waals surface area (Å²) < 4.78 is 1.56. The molecule has 0 bridgehead atoms. The Balaban J connectivity index is 1.52. The third kappa shape index (κ3) is 3.08. The zero-order chi connectivity index (χ0) is 18.9. The molecule has 28 heavy (non-hydrogen) atoms. The molecular formula is C21H14N4OS2. The summed E-state index contributed by atoms with van der Waals surface area (Å²) in [7, 11) is 0. The second-order valence-electron chi connectivity index (χ2n) is 6.20. The molecule has 136 valence electrons. The molecule has 5 aromatic rings. The lowest BCUT2D eigenvalue weighted by Gasteiger charge is -2.09. The monoisotopic (exact) mass is 402 g/mol. The molecule has 0 N–H and O–H groups in total. The summed E-state index contributed by atoms with van der Waals surface area (Å²) in [6.07, 6.45) is 1.74. The minimum atomic E-state index is -0.0581. The molecule has 7 heteroatoms. The van der Waals surface area contributed by atoms with Crippen molar-refractivity contribution in [3.63, 3.8) is 0 Å². The summed E-state index contributed by atoms with van der Waals surface area (Å²) >= 11 is 3.00. The Morgan fingerprint density at radius 2 is 1.75 bits per heavy atom. The number of thioether (sulfide) groups is 1. The van der Waals surface area contributed by atoms with Crippen molar-refractivity contribution in [3.8, 4) is 11.3 Å². The van der Waals surface area contributed by atoms with Gasteiger partial charge in [-0.25, -0.2) is 4.98 Å². The molecule has 5 nitrogen and oxygen atoms in total. The van der Waals surface area contributed by atoms with Crippen LogP contribution in [0.25, 0.3) is 27.0 Å². The number of rotatable bonds is 4. The highest BCUT2D eigenvalue weighted by Gasteiger charge is 2.12. The minimum Gasteiger partial charge on any atom is -0.269 e. The van der Waals surface area contributed by atoms with E-state index in [2.05, 4.69) is 27.3 Å². The molecule has 0 radical (unpaired) electrons. The Morgan fingerprint density at radius 1 is 0.964 bits per heavy atom. The summed E-state index contributed by atoms with van der Waals surface area (Å²) in [6, 6.07) is 19.8. The first-order chi connectivity index (χ1) is 13.8. The van der Waals surface area contributed by atoms with Crippen LogP contribution in [-0.4, -0.2) is 19.6 Å². The van der Waals surface area contributed by atoms with E-state index in [9.17, 15) is 4.79 Å². The van der Waals surface area contributed by atoms with E-state index in [0.717, 1.165) is 32.7 Å². The van der Waals surface area contributed by atoms with E-state index in [1.54, 1.807) is 28.4 Å². The van der Waals surface area contributed by atoms with Crippen LogP contribution in [0.4, 0.5) is 0 Å². The smallest absolute Gasteiger partial charge is 0.258 e. The maximum Gasteiger partial charge on any atom is 0.258 e. The van der Waals surface area contributed by atoms with Crippen molar-refractivity contribution >= 4 is 38.8 Å². The summed E-state index contributed by atoms with van der Waals surface area (Å²) in [5, 5.41) is 13.8. The normalized spacial score (nSPS) is 11.3. The lowest BCUT2D eigenvalue weighted by molar-refractivity contribution is 0.959. The molecule has 0 unspecified atom stereocenters. The van der Waals surface area contributed by atoms with Gasteiger partial charge in [0.25, 0.3) is 5.56 Å². The van der Waals surface area contributed by atoms with Crippen molar-refractivity contribution in [3.05, 3.63) is 88.3 Å². The summed E-state index contributed by atoms with van der Waals surface area (Å²) in [5.41, 5.74) is 2.60. The van der Waals surface area contributed by atoms with Gasteiger partial charge >= 0.3 is 0 Å². The average Bonchev–Trinajstić information content (AvgIpc) is 3.22. The van der Waals surface area contributed by atoms with Gasteiger partial charge in [0.15, 0.2) is 4.96 Å². The molecule has 0 saturated heterocycles. The molecule has 0 fully saturated rings. The zero-order valence-electron chi connectivity index (χ0n) is 14.6. The van der Waals surface area contributed by atoms with Crippen LogP contribution >= 0.6 is 23.1 Å². The van der Waals surface area contributed by atoms with E-state index < -0.39 is 0 Å². The highest BCUT2D eigenvalue weighted by Crippen LogP contribution is 2.32. The molecule has 5 rings (SSSR count). The molecule has 0 aliphatic rings. The van der Waals surface area contributed by atoms with Crippen molar-refractivity contribution in [2.75, 3.05) is 0 Å². The molecule has 0 aliphatic carbocycles. The molecule has 0 aliphatic heterocycles. The summed E-state index contributed by atoms with van der Waals surface area (Å²) in [6.45, 7) is 0. The molecular weight excluding hydrogens is 388 g/mol. The number of nitrogens with zero attached hydrogens (tertiary/aromatic N) is 4. The van der Waals surface area contributed by atoms with Gasteiger partial charge in [-0.1, -0.05) is 66.4 Å². The molecule has 0 saturated carbocycles. The highest BCUT2D eigenvalue weighted by molar-refractivity contribution is 7.98. The maximum atomic E-state index is 12.2. The maximum absolute atomic E-state index is 12.2. The topological polar surface area (TPSA) is 60.2 Å². The van der Waals surface area contributed by atoms with Crippen molar-refractivity contribution in [1.29, 1.82) is 0 Å². The third-order valence-corrected chi connectivity index (χ3v) is 6.19. The second-order valence-corrected chi connectivity index (χ2v) is 8.03. The van der Waals surface area contributed by atoms with Crippen molar-refractivity contribution in [2.24, 2.45) is 0 Å². The zero-order valence-corrected chi connectivity index (χ0v) is 16.3. The fourth-order valence-corrected chi connectivity index (χ4v) is 4.70. The van der Waals surface area contributed by atoms with Crippen molar-refractivity contribution in [1.82, 2.24) is 19.6 Å². The number of thiazole rings is 1. The van der Waals surface area contributed by atoms with E-state index in [4.69, 9.17) is 0 Å². The molecule has 2 aromatic carbocycles. The van der Waals surface area contributed by atoms with Gasteiger partial charge < -0.3 is 0 Å². The molecule has 0 amide bonds. The molecule has 3 aromatic heterocycles. The minimum absolute atomic E-state index is 0.0581. The van der Waals surface area contributed by atoms with Crippen LogP contribution in [-0.2, 0) is 5.75 Å². The lowest BCUT2D eigenvalue weighted by Crippen LogP contribution is -2.12. The van der Waals surface area contributed by atoms with Gasteiger partial charge in [-0.05, 0) is 0 Å². The van der Waals surface area contributed by atoms with Crippen LogP contribution in [0, 0.1) is 0 Å². The largest absolute Gasteiger partial charge is 0.269 e. The Labute approximate surface area is 168 Å². The van der Waals surface area contributed by atoms with E-state index in [1.807, 2.05) is 47.8 Å². The Hall–Kier alpha value is -3.03. The average molecular weight is 403 g/mol. The first kappa shape index (κ1) is 17.1.